The largest absolute Gasteiger partial charge is 0.381 e. The van der Waals surface area contributed by atoms with Crippen LogP contribution in [0, 0.1) is 5.41 Å². The molecule has 23 heavy (non-hydrogen) atoms. The lowest BCUT2D eigenvalue weighted by Gasteiger charge is -2.38. The van der Waals surface area contributed by atoms with Crippen LogP contribution < -0.4 is 0 Å². The number of rotatable bonds is 3. The molecule has 1 amide bonds. The van der Waals surface area contributed by atoms with E-state index in [9.17, 15) is 4.79 Å². The smallest absolute Gasteiger partial charge is 0.223 e. The Bertz CT molecular complexity index is 694. The summed E-state index contributed by atoms with van der Waals surface area (Å²) in [5, 5.41) is 12.0. The van der Waals surface area contributed by atoms with Gasteiger partial charge >= 0.3 is 0 Å². The zero-order valence-electron chi connectivity index (χ0n) is 12.9. The highest BCUT2D eigenvalue weighted by Gasteiger charge is 2.41. The molecule has 120 valence electrons. The molecule has 0 aliphatic carbocycles. The number of carbonyl (C=O) groups excluding carboxylic acids is 1. The summed E-state index contributed by atoms with van der Waals surface area (Å²) in [6.07, 6.45) is 2.53. The van der Waals surface area contributed by atoms with Crippen LogP contribution in [0.3, 0.4) is 0 Å². The zero-order valence-corrected chi connectivity index (χ0v) is 12.9. The van der Waals surface area contributed by atoms with Gasteiger partial charge in [-0.2, -0.15) is 4.68 Å². The number of para-hydroxylation sites is 1. The molecule has 7 nitrogen and oxygen atoms in total. The van der Waals surface area contributed by atoms with Crippen molar-refractivity contribution in [2.75, 3.05) is 19.8 Å². The maximum absolute atomic E-state index is 12.3. The van der Waals surface area contributed by atoms with Crippen LogP contribution in [0.2, 0.25) is 0 Å². The van der Waals surface area contributed by atoms with E-state index in [4.69, 9.17) is 4.74 Å². The van der Waals surface area contributed by atoms with Crippen molar-refractivity contribution in [1.82, 2.24) is 25.1 Å². The van der Waals surface area contributed by atoms with Gasteiger partial charge in [0.05, 0.1) is 18.8 Å². The maximum Gasteiger partial charge on any atom is 0.223 e. The second kappa shape index (κ2) is 5.73. The summed E-state index contributed by atoms with van der Waals surface area (Å²) in [6, 6.07) is 9.73. The van der Waals surface area contributed by atoms with Crippen molar-refractivity contribution < 1.29 is 9.53 Å². The predicted octanol–water partition coefficient (Wildman–Crippen LogP) is 1.19. The second-order valence-corrected chi connectivity index (χ2v) is 6.39. The third-order valence-corrected chi connectivity index (χ3v) is 4.80. The molecule has 7 heteroatoms. The number of hydrogen-bond donors (Lipinski definition) is 0. The molecule has 0 radical (unpaired) electrons. The van der Waals surface area contributed by atoms with Crippen LogP contribution in [0.25, 0.3) is 5.69 Å². The molecule has 0 N–H and O–H groups in total. The molecule has 4 rings (SSSR count). The maximum atomic E-state index is 12.3. The molecule has 3 heterocycles. The molecule has 2 aromatic rings. The first-order valence-electron chi connectivity index (χ1n) is 7.94. The van der Waals surface area contributed by atoms with E-state index in [2.05, 4.69) is 15.5 Å². The van der Waals surface area contributed by atoms with Crippen molar-refractivity contribution in [2.24, 2.45) is 5.41 Å². The normalized spacial score (nSPS) is 24.5. The molecule has 2 fully saturated rings. The van der Waals surface area contributed by atoms with Crippen LogP contribution >= 0.6 is 0 Å². The van der Waals surface area contributed by atoms with Gasteiger partial charge in [-0.3, -0.25) is 4.79 Å². The number of carbonyl (C=O) groups is 1. The summed E-state index contributed by atoms with van der Waals surface area (Å²) in [4.78, 5) is 14.2. The average molecular weight is 313 g/mol. The van der Waals surface area contributed by atoms with E-state index < -0.39 is 0 Å². The van der Waals surface area contributed by atoms with Crippen LogP contribution in [0.1, 0.15) is 25.1 Å². The molecule has 2 aliphatic heterocycles. The predicted molar refractivity (Wildman–Crippen MR) is 81.7 cm³/mol. The van der Waals surface area contributed by atoms with Gasteiger partial charge in [0.25, 0.3) is 0 Å². The van der Waals surface area contributed by atoms with Crippen molar-refractivity contribution in [3.8, 4) is 5.69 Å². The van der Waals surface area contributed by atoms with Crippen molar-refractivity contribution in [3.63, 3.8) is 0 Å². The van der Waals surface area contributed by atoms with Crippen LogP contribution in [-0.4, -0.2) is 50.8 Å². The highest BCUT2D eigenvalue weighted by Crippen LogP contribution is 2.38. The standard InChI is InChI=1S/C16H19N5O2/c22-15-6-7-16(8-9-23-12-16)11-20(15)10-14-17-18-19-21(14)13-4-2-1-3-5-13/h1-5H,6-12H2/t16-/m1/s1. The van der Waals surface area contributed by atoms with E-state index in [1.54, 1.807) is 4.68 Å². The molecule has 1 atom stereocenters. The van der Waals surface area contributed by atoms with E-state index in [0.717, 1.165) is 38.3 Å². The third kappa shape index (κ3) is 2.72. The number of amides is 1. The van der Waals surface area contributed by atoms with Gasteiger partial charge in [0.2, 0.25) is 5.91 Å². The minimum absolute atomic E-state index is 0.124. The Morgan fingerprint density at radius 3 is 2.87 bits per heavy atom. The van der Waals surface area contributed by atoms with Crippen LogP contribution in [-0.2, 0) is 16.1 Å². The van der Waals surface area contributed by atoms with Gasteiger partial charge < -0.3 is 9.64 Å². The number of nitrogens with zero attached hydrogens (tertiary/aromatic N) is 5. The highest BCUT2D eigenvalue weighted by atomic mass is 16.5. The number of benzene rings is 1. The van der Waals surface area contributed by atoms with Gasteiger partial charge in [-0.05, 0) is 35.4 Å². The fourth-order valence-corrected chi connectivity index (χ4v) is 3.46. The summed E-state index contributed by atoms with van der Waals surface area (Å²) >= 11 is 0. The fraction of sp³-hybridized carbons (Fsp3) is 0.500. The molecular formula is C16H19N5O2. The van der Waals surface area contributed by atoms with E-state index in [1.165, 1.54) is 0 Å². The summed E-state index contributed by atoms with van der Waals surface area (Å²) in [6.45, 7) is 2.71. The molecule has 0 saturated carbocycles. The van der Waals surface area contributed by atoms with Gasteiger partial charge in [0.1, 0.15) is 0 Å². The molecule has 1 aromatic carbocycles. The molecule has 1 spiro atoms. The topological polar surface area (TPSA) is 73.1 Å². The van der Waals surface area contributed by atoms with Gasteiger partial charge in [0.15, 0.2) is 5.82 Å². The highest BCUT2D eigenvalue weighted by molar-refractivity contribution is 5.77. The first-order chi connectivity index (χ1) is 11.3. The molecular weight excluding hydrogens is 294 g/mol. The third-order valence-electron chi connectivity index (χ3n) is 4.80. The Kier molecular flexibility index (Phi) is 3.57. The van der Waals surface area contributed by atoms with Crippen molar-refractivity contribution in [2.45, 2.75) is 25.8 Å². The minimum atomic E-state index is 0.124. The second-order valence-electron chi connectivity index (χ2n) is 6.39. The Morgan fingerprint density at radius 1 is 1.22 bits per heavy atom. The Morgan fingerprint density at radius 2 is 2.09 bits per heavy atom. The Hall–Kier alpha value is -2.28. The molecule has 1 aromatic heterocycles. The van der Waals surface area contributed by atoms with Crippen LogP contribution in [0.5, 0.6) is 0 Å². The number of hydrogen-bond acceptors (Lipinski definition) is 5. The summed E-state index contributed by atoms with van der Waals surface area (Å²) in [7, 11) is 0. The van der Waals surface area contributed by atoms with Gasteiger partial charge in [-0.15, -0.1) is 5.10 Å². The number of tetrazole rings is 1. The lowest BCUT2D eigenvalue weighted by atomic mass is 9.79. The molecule has 2 saturated heterocycles. The number of likely N-dealkylation sites (tertiary alicyclic amines) is 1. The van der Waals surface area contributed by atoms with E-state index in [0.29, 0.717) is 18.8 Å². The zero-order chi connectivity index (χ0) is 15.7. The van der Waals surface area contributed by atoms with Crippen LogP contribution in [0.4, 0.5) is 0 Å². The monoisotopic (exact) mass is 313 g/mol. The van der Waals surface area contributed by atoms with Crippen LogP contribution in [0.15, 0.2) is 30.3 Å². The molecule has 0 unspecified atom stereocenters. The first-order valence-corrected chi connectivity index (χ1v) is 7.94. The van der Waals surface area contributed by atoms with Crippen molar-refractivity contribution in [3.05, 3.63) is 36.2 Å². The van der Waals surface area contributed by atoms with Crippen molar-refractivity contribution >= 4 is 5.91 Å². The SMILES string of the molecule is O=C1CC[C@@]2(CCOC2)CN1Cc1nnnn1-c1ccccc1. The minimum Gasteiger partial charge on any atom is -0.381 e. The number of ether oxygens (including phenoxy) is 1. The Balaban J connectivity index is 1.56. The molecule has 0 bridgehead atoms. The Labute approximate surface area is 134 Å². The summed E-state index contributed by atoms with van der Waals surface area (Å²) < 4.78 is 7.26. The van der Waals surface area contributed by atoms with Gasteiger partial charge in [-0.25, -0.2) is 0 Å². The average Bonchev–Trinajstić information content (AvgIpc) is 3.22. The van der Waals surface area contributed by atoms with E-state index >= 15 is 0 Å². The summed E-state index contributed by atoms with van der Waals surface area (Å²) in [5.41, 5.74) is 1.02. The molecule has 2 aliphatic rings. The van der Waals surface area contributed by atoms with E-state index in [1.807, 2.05) is 35.2 Å². The van der Waals surface area contributed by atoms with Gasteiger partial charge in [0, 0.05) is 25.0 Å². The van der Waals surface area contributed by atoms with E-state index in [-0.39, 0.29) is 11.3 Å². The lowest BCUT2D eigenvalue weighted by molar-refractivity contribution is -0.138. The number of aromatic nitrogens is 4. The fourth-order valence-electron chi connectivity index (χ4n) is 3.46. The first kappa shape index (κ1) is 14.3. The summed E-state index contributed by atoms with van der Waals surface area (Å²) in [5.74, 6) is 0.852. The van der Waals surface area contributed by atoms with Crippen molar-refractivity contribution in [1.29, 1.82) is 0 Å². The lowest BCUT2D eigenvalue weighted by Crippen LogP contribution is -2.46. The number of piperidine rings is 1. The van der Waals surface area contributed by atoms with Gasteiger partial charge in [-0.1, -0.05) is 18.2 Å². The quantitative estimate of drug-likeness (QED) is 0.851.